The van der Waals surface area contributed by atoms with Gasteiger partial charge in [-0.3, -0.25) is 0 Å². The fourth-order valence-corrected chi connectivity index (χ4v) is 1.21. The molecule has 0 bridgehead atoms. The summed E-state index contributed by atoms with van der Waals surface area (Å²) in [6, 6.07) is 0. The molecular formula is C10H19N3O2. The average molecular weight is 213 g/mol. The lowest BCUT2D eigenvalue weighted by molar-refractivity contribution is 0.0429. The maximum Gasteiger partial charge on any atom is 0.0946 e. The fourth-order valence-electron chi connectivity index (χ4n) is 1.21. The van der Waals surface area contributed by atoms with E-state index >= 15 is 0 Å². The van der Waals surface area contributed by atoms with Crippen LogP contribution in [0.3, 0.4) is 0 Å². The van der Waals surface area contributed by atoms with E-state index in [-0.39, 0.29) is 0 Å². The van der Waals surface area contributed by atoms with Gasteiger partial charge in [-0.1, -0.05) is 0 Å². The Bertz CT molecular complexity index is 239. The molecule has 0 aromatic carbocycles. The zero-order valence-corrected chi connectivity index (χ0v) is 9.09. The van der Waals surface area contributed by atoms with Crippen molar-refractivity contribution >= 4 is 0 Å². The van der Waals surface area contributed by atoms with Gasteiger partial charge >= 0.3 is 0 Å². The first kappa shape index (κ1) is 12.2. The average Bonchev–Trinajstić information content (AvgIpc) is 2.74. The number of aliphatic hydroxyl groups excluding tert-OH is 1. The third-order valence-electron chi connectivity index (χ3n) is 2.00. The summed E-state index contributed by atoms with van der Waals surface area (Å²) < 4.78 is 7.08. The highest BCUT2D eigenvalue weighted by Crippen LogP contribution is 1.86. The lowest BCUT2D eigenvalue weighted by Crippen LogP contribution is -2.32. The van der Waals surface area contributed by atoms with Gasteiger partial charge in [0.15, 0.2) is 0 Å². The summed E-state index contributed by atoms with van der Waals surface area (Å²) in [6.07, 6.45) is 5.02. The van der Waals surface area contributed by atoms with Crippen molar-refractivity contribution in [3.05, 3.63) is 18.7 Å². The van der Waals surface area contributed by atoms with Crippen molar-refractivity contribution in [1.29, 1.82) is 0 Å². The summed E-state index contributed by atoms with van der Waals surface area (Å²) in [4.78, 5) is 3.94. The van der Waals surface area contributed by atoms with Crippen LogP contribution in [0.5, 0.6) is 0 Å². The summed E-state index contributed by atoms with van der Waals surface area (Å²) >= 11 is 0. The second kappa shape index (κ2) is 7.39. The molecule has 0 aliphatic rings. The first-order valence-corrected chi connectivity index (χ1v) is 5.25. The van der Waals surface area contributed by atoms with Crippen LogP contribution in [0.2, 0.25) is 0 Å². The Morgan fingerprint density at radius 3 is 3.13 bits per heavy atom. The molecule has 5 heteroatoms. The van der Waals surface area contributed by atoms with Crippen molar-refractivity contribution in [1.82, 2.24) is 14.9 Å². The minimum atomic E-state index is -0.423. The highest BCUT2D eigenvalue weighted by atomic mass is 16.5. The fraction of sp³-hybridized carbons (Fsp3) is 0.700. The predicted octanol–water partition coefficient (Wildman–Crippen LogP) is -0.130. The van der Waals surface area contributed by atoms with Gasteiger partial charge in [0, 0.05) is 38.6 Å². The Labute approximate surface area is 90.1 Å². The molecule has 1 rings (SSSR count). The summed E-state index contributed by atoms with van der Waals surface area (Å²) in [5.74, 6) is 0. The molecule has 0 aliphatic carbocycles. The molecule has 1 atom stereocenters. The number of aromatic nitrogens is 2. The summed E-state index contributed by atoms with van der Waals surface area (Å²) in [5.41, 5.74) is 0. The van der Waals surface area contributed by atoms with Crippen LogP contribution < -0.4 is 5.32 Å². The molecule has 0 saturated carbocycles. The van der Waals surface area contributed by atoms with Gasteiger partial charge in [0.25, 0.3) is 0 Å². The van der Waals surface area contributed by atoms with Crippen LogP contribution >= 0.6 is 0 Å². The van der Waals surface area contributed by atoms with E-state index in [0.29, 0.717) is 19.8 Å². The molecule has 0 aliphatic heterocycles. The molecule has 15 heavy (non-hydrogen) atoms. The molecule has 1 aromatic rings. The minimum absolute atomic E-state index is 0.397. The normalized spacial score (nSPS) is 12.9. The molecule has 0 spiro atoms. The van der Waals surface area contributed by atoms with Gasteiger partial charge < -0.3 is 19.7 Å². The summed E-state index contributed by atoms with van der Waals surface area (Å²) in [7, 11) is 0. The molecular weight excluding hydrogens is 194 g/mol. The highest BCUT2D eigenvalue weighted by molar-refractivity contribution is 4.74. The molecule has 1 heterocycles. The van der Waals surface area contributed by atoms with Crippen molar-refractivity contribution in [3.8, 4) is 0 Å². The van der Waals surface area contributed by atoms with Crippen LogP contribution in [0.1, 0.15) is 6.92 Å². The van der Waals surface area contributed by atoms with Gasteiger partial charge in [-0.15, -0.1) is 0 Å². The summed E-state index contributed by atoms with van der Waals surface area (Å²) in [5, 5.41) is 12.6. The maximum atomic E-state index is 9.43. The Morgan fingerprint density at radius 2 is 2.47 bits per heavy atom. The van der Waals surface area contributed by atoms with Crippen molar-refractivity contribution in [2.45, 2.75) is 19.6 Å². The van der Waals surface area contributed by atoms with E-state index in [1.807, 2.05) is 17.7 Å². The smallest absolute Gasteiger partial charge is 0.0946 e. The molecule has 1 unspecified atom stereocenters. The largest absolute Gasteiger partial charge is 0.389 e. The van der Waals surface area contributed by atoms with Gasteiger partial charge in [0.05, 0.1) is 19.0 Å². The third kappa shape index (κ3) is 5.51. The summed E-state index contributed by atoms with van der Waals surface area (Å²) in [6.45, 7) is 5.20. The van der Waals surface area contributed by atoms with Crippen molar-refractivity contribution < 1.29 is 9.84 Å². The van der Waals surface area contributed by atoms with Crippen LogP contribution in [-0.4, -0.2) is 47.1 Å². The number of nitrogens with zero attached hydrogens (tertiary/aromatic N) is 2. The number of imidazole rings is 1. The lowest BCUT2D eigenvalue weighted by Gasteiger charge is -2.11. The number of ether oxygens (including phenoxy) is 1. The zero-order chi connectivity index (χ0) is 10.9. The van der Waals surface area contributed by atoms with E-state index in [9.17, 15) is 5.11 Å². The molecule has 5 nitrogen and oxygen atoms in total. The van der Waals surface area contributed by atoms with E-state index in [1.54, 1.807) is 12.5 Å². The topological polar surface area (TPSA) is 59.3 Å². The Balaban J connectivity index is 1.97. The maximum absolute atomic E-state index is 9.43. The minimum Gasteiger partial charge on any atom is -0.389 e. The number of nitrogens with one attached hydrogen (secondary N) is 1. The first-order chi connectivity index (χ1) is 7.33. The molecule has 1 aromatic heterocycles. The quantitative estimate of drug-likeness (QED) is 0.591. The number of rotatable bonds is 8. The van der Waals surface area contributed by atoms with Crippen LogP contribution in [-0.2, 0) is 11.3 Å². The van der Waals surface area contributed by atoms with Gasteiger partial charge in [-0.25, -0.2) is 4.98 Å². The van der Waals surface area contributed by atoms with Crippen LogP contribution in [0.4, 0.5) is 0 Å². The first-order valence-electron chi connectivity index (χ1n) is 5.25. The predicted molar refractivity (Wildman–Crippen MR) is 57.6 cm³/mol. The monoisotopic (exact) mass is 213 g/mol. The number of aliphatic hydroxyl groups is 1. The van der Waals surface area contributed by atoms with Gasteiger partial charge in [-0.05, 0) is 6.92 Å². The van der Waals surface area contributed by atoms with Gasteiger partial charge in [0.2, 0.25) is 0 Å². The Hall–Kier alpha value is -0.910. The second-order valence-corrected chi connectivity index (χ2v) is 3.32. The Morgan fingerprint density at radius 1 is 1.60 bits per heavy atom. The van der Waals surface area contributed by atoms with E-state index in [2.05, 4.69) is 10.3 Å². The lowest BCUT2D eigenvalue weighted by atomic mass is 10.4. The van der Waals surface area contributed by atoms with Crippen molar-refractivity contribution in [3.63, 3.8) is 0 Å². The number of hydrogen-bond acceptors (Lipinski definition) is 4. The van der Waals surface area contributed by atoms with E-state index in [0.717, 1.165) is 13.1 Å². The van der Waals surface area contributed by atoms with Crippen LogP contribution in [0.15, 0.2) is 18.7 Å². The molecule has 86 valence electrons. The number of hydrogen-bond donors (Lipinski definition) is 2. The molecule has 0 radical (unpaired) electrons. The highest BCUT2D eigenvalue weighted by Gasteiger charge is 2.02. The molecule has 0 amide bonds. The Kier molecular flexibility index (Phi) is 5.99. The van der Waals surface area contributed by atoms with Gasteiger partial charge in [-0.2, -0.15) is 0 Å². The standard InChI is InChI=1S/C10H19N3O2/c1-2-15-8-10(14)7-11-3-5-13-6-4-12-9-13/h4,6,9-11,14H,2-3,5,7-8H2,1H3. The van der Waals surface area contributed by atoms with E-state index in [1.165, 1.54) is 0 Å². The van der Waals surface area contributed by atoms with E-state index in [4.69, 9.17) is 4.74 Å². The van der Waals surface area contributed by atoms with Crippen molar-refractivity contribution in [2.75, 3.05) is 26.3 Å². The van der Waals surface area contributed by atoms with Gasteiger partial charge in [0.1, 0.15) is 0 Å². The third-order valence-corrected chi connectivity index (χ3v) is 2.00. The zero-order valence-electron chi connectivity index (χ0n) is 9.09. The SMILES string of the molecule is CCOCC(O)CNCCn1ccnc1. The molecule has 0 fully saturated rings. The molecule has 0 saturated heterocycles. The van der Waals surface area contributed by atoms with Crippen molar-refractivity contribution in [2.24, 2.45) is 0 Å². The molecule has 2 N–H and O–H groups in total. The van der Waals surface area contributed by atoms with E-state index < -0.39 is 6.10 Å². The second-order valence-electron chi connectivity index (χ2n) is 3.32. The van der Waals surface area contributed by atoms with Crippen LogP contribution in [0.25, 0.3) is 0 Å². The van der Waals surface area contributed by atoms with Crippen LogP contribution in [0, 0.1) is 0 Å².